The van der Waals surface area contributed by atoms with Gasteiger partial charge in [-0.1, -0.05) is 29.5 Å². The molecule has 40 heavy (non-hydrogen) atoms. The normalized spacial score (nSPS) is 15.9. The maximum Gasteiger partial charge on any atom is 0.229 e. The highest BCUT2D eigenvalue weighted by molar-refractivity contribution is 6.01. The second kappa shape index (κ2) is 11.0. The number of nitrogens with zero attached hydrogens (tertiary/aromatic N) is 5. The minimum Gasteiger partial charge on any atom is -0.496 e. The van der Waals surface area contributed by atoms with Crippen molar-refractivity contribution in [2.75, 3.05) is 31.6 Å². The average molecular weight is 544 g/mol. The molecule has 1 fully saturated rings. The molecular formula is C30H30FN5O4. The molecule has 1 saturated heterocycles. The predicted molar refractivity (Wildman–Crippen MR) is 148 cm³/mol. The van der Waals surface area contributed by atoms with Crippen LogP contribution >= 0.6 is 0 Å². The van der Waals surface area contributed by atoms with Crippen LogP contribution in [0, 0.1) is 5.82 Å². The second-order valence-electron chi connectivity index (χ2n) is 10.1. The number of benzene rings is 2. The number of aryl methyl sites for hydroxylation is 1. The van der Waals surface area contributed by atoms with Crippen molar-refractivity contribution in [3.63, 3.8) is 0 Å². The van der Waals surface area contributed by atoms with Gasteiger partial charge in [-0.2, -0.15) is 0 Å². The Bertz CT molecular complexity index is 1590. The fourth-order valence-electron chi connectivity index (χ4n) is 5.50. The number of rotatable bonds is 7. The number of halogens is 1. The van der Waals surface area contributed by atoms with Crippen LogP contribution in [0.4, 0.5) is 10.3 Å². The first-order valence-electron chi connectivity index (χ1n) is 13.5. The Kier molecular flexibility index (Phi) is 7.06. The van der Waals surface area contributed by atoms with E-state index in [0.717, 1.165) is 24.0 Å². The first-order valence-corrected chi connectivity index (χ1v) is 13.5. The molecule has 4 heterocycles. The topological polar surface area (TPSA) is 93.7 Å². The first kappa shape index (κ1) is 25.8. The molecule has 0 saturated carbocycles. The Hall–Kier alpha value is -4.47. The van der Waals surface area contributed by atoms with E-state index in [1.54, 1.807) is 46.1 Å². The van der Waals surface area contributed by atoms with Crippen LogP contribution in [0.3, 0.4) is 0 Å². The van der Waals surface area contributed by atoms with Gasteiger partial charge in [0.1, 0.15) is 17.1 Å². The zero-order valence-corrected chi connectivity index (χ0v) is 22.3. The summed E-state index contributed by atoms with van der Waals surface area (Å²) in [4.78, 5) is 29.0. The summed E-state index contributed by atoms with van der Waals surface area (Å²) in [5, 5.41) is 7.99. The molecular weight excluding hydrogens is 513 g/mol. The quantitative estimate of drug-likeness (QED) is 0.323. The fraction of sp³-hybridized carbons (Fsp3) is 0.333. The highest BCUT2D eigenvalue weighted by atomic mass is 19.1. The third-order valence-electron chi connectivity index (χ3n) is 7.59. The Morgan fingerprint density at radius 3 is 2.80 bits per heavy atom. The number of methoxy groups -OCH3 is 1. The number of amides is 2. The molecule has 0 atom stereocenters. The van der Waals surface area contributed by atoms with Gasteiger partial charge in [0, 0.05) is 61.4 Å². The van der Waals surface area contributed by atoms with Gasteiger partial charge >= 0.3 is 0 Å². The number of hydrogen-bond donors (Lipinski definition) is 0. The van der Waals surface area contributed by atoms with Crippen LogP contribution < -0.4 is 9.64 Å². The van der Waals surface area contributed by atoms with Crippen molar-refractivity contribution < 1.29 is 23.1 Å². The fourth-order valence-corrected chi connectivity index (χ4v) is 5.50. The molecule has 0 N–H and O–H groups in total. The van der Waals surface area contributed by atoms with Crippen LogP contribution in [-0.2, 0) is 16.1 Å². The molecule has 0 aliphatic carbocycles. The van der Waals surface area contributed by atoms with Gasteiger partial charge in [0.15, 0.2) is 0 Å². The smallest absolute Gasteiger partial charge is 0.229 e. The number of carbonyl (C=O) groups excluding carboxylic acids is 2. The Morgan fingerprint density at radius 1 is 1.12 bits per heavy atom. The predicted octanol–water partition coefficient (Wildman–Crippen LogP) is 5.06. The monoisotopic (exact) mass is 543 g/mol. The van der Waals surface area contributed by atoms with Crippen molar-refractivity contribution in [1.82, 2.24) is 19.9 Å². The number of fused-ring (bicyclic) bond motifs is 1. The highest BCUT2D eigenvalue weighted by Gasteiger charge is 2.28. The van der Waals surface area contributed by atoms with Gasteiger partial charge in [0.2, 0.25) is 17.7 Å². The van der Waals surface area contributed by atoms with Crippen LogP contribution in [-0.4, -0.2) is 58.5 Å². The summed E-state index contributed by atoms with van der Waals surface area (Å²) in [5.74, 6) is 0.475. The zero-order valence-electron chi connectivity index (χ0n) is 22.3. The molecule has 4 aromatic rings. The summed E-state index contributed by atoms with van der Waals surface area (Å²) in [6, 6.07) is 10.9. The minimum absolute atomic E-state index is 0.0262. The lowest BCUT2D eigenvalue weighted by atomic mass is 9.93. The average Bonchev–Trinajstić information content (AvgIpc) is 3.67. The number of hydrogen-bond acceptors (Lipinski definition) is 6. The van der Waals surface area contributed by atoms with Crippen molar-refractivity contribution in [3.05, 3.63) is 66.2 Å². The third kappa shape index (κ3) is 4.85. The van der Waals surface area contributed by atoms with E-state index < -0.39 is 5.82 Å². The minimum atomic E-state index is -0.434. The molecule has 0 radical (unpaired) electrons. The van der Waals surface area contributed by atoms with Gasteiger partial charge in [0.05, 0.1) is 25.2 Å². The number of aromatic nitrogens is 3. The number of carbonyl (C=O) groups is 2. The molecule has 2 aromatic carbocycles. The van der Waals surface area contributed by atoms with Gasteiger partial charge in [-0.3, -0.25) is 19.2 Å². The van der Waals surface area contributed by atoms with E-state index in [2.05, 4.69) is 10.3 Å². The number of furan rings is 1. The van der Waals surface area contributed by atoms with Gasteiger partial charge in [-0.05, 0) is 37.0 Å². The second-order valence-corrected chi connectivity index (χ2v) is 10.1. The van der Waals surface area contributed by atoms with Crippen molar-refractivity contribution in [2.45, 2.75) is 38.6 Å². The molecule has 0 unspecified atom stereocenters. The molecule has 10 heteroatoms. The van der Waals surface area contributed by atoms with Gasteiger partial charge in [0.25, 0.3) is 0 Å². The van der Waals surface area contributed by atoms with Crippen molar-refractivity contribution in [3.8, 4) is 16.9 Å². The van der Waals surface area contributed by atoms with Crippen molar-refractivity contribution in [1.29, 1.82) is 0 Å². The van der Waals surface area contributed by atoms with E-state index in [1.165, 1.54) is 0 Å². The third-order valence-corrected chi connectivity index (χ3v) is 7.59. The first-order chi connectivity index (χ1) is 19.5. The largest absolute Gasteiger partial charge is 0.496 e. The number of piperidine rings is 1. The van der Waals surface area contributed by atoms with E-state index >= 15 is 4.39 Å². The molecule has 206 valence electrons. The van der Waals surface area contributed by atoms with Crippen LogP contribution in [0.25, 0.3) is 27.7 Å². The van der Waals surface area contributed by atoms with Gasteiger partial charge in [-0.25, -0.2) is 4.39 Å². The molecule has 9 nitrogen and oxygen atoms in total. The lowest BCUT2D eigenvalue weighted by Gasteiger charge is -2.28. The number of para-hydroxylation sites is 1. The molecule has 0 spiro atoms. The summed E-state index contributed by atoms with van der Waals surface area (Å²) in [7, 11) is 1.59. The summed E-state index contributed by atoms with van der Waals surface area (Å²) in [6.07, 6.45) is 8.32. The maximum absolute atomic E-state index is 16.3. The highest BCUT2D eigenvalue weighted by Crippen LogP contribution is 2.42. The van der Waals surface area contributed by atoms with Crippen LogP contribution in [0.2, 0.25) is 0 Å². The number of ether oxygens (including phenoxy) is 1. The molecule has 2 aliphatic heterocycles. The summed E-state index contributed by atoms with van der Waals surface area (Å²) in [5.41, 5.74) is 2.90. The SMILES string of the molecule is COc1ccccc1-c1cc(C2=CCCN(C(=O)CCn3ccnn3)C2)c(F)c2cc(N3CCCCC3=O)oc12. The van der Waals surface area contributed by atoms with Crippen LogP contribution in [0.5, 0.6) is 5.75 Å². The Balaban J connectivity index is 1.40. The Labute approximate surface area is 230 Å². The van der Waals surface area contributed by atoms with Crippen LogP contribution in [0.1, 0.15) is 37.7 Å². The van der Waals surface area contributed by atoms with Crippen LogP contribution in [0.15, 0.2) is 59.3 Å². The van der Waals surface area contributed by atoms with E-state index in [4.69, 9.17) is 9.15 Å². The Morgan fingerprint density at radius 2 is 2.00 bits per heavy atom. The standard InChI is InChI=1S/C30H30FN5O4/c1-39-25-9-3-2-8-21(25)23-17-22(20-7-6-13-34(19-20)26(37)11-15-35-16-12-32-33-35)29(31)24-18-28(40-30(23)24)36-14-5-4-10-27(36)38/h2-3,7-9,12,16-18H,4-6,10-11,13-15,19H2,1H3. The summed E-state index contributed by atoms with van der Waals surface area (Å²) < 4.78 is 29.8. The van der Waals surface area contributed by atoms with E-state index in [-0.39, 0.29) is 18.2 Å². The van der Waals surface area contributed by atoms with E-state index in [9.17, 15) is 9.59 Å². The molecule has 2 aliphatic rings. The van der Waals surface area contributed by atoms with Crippen molar-refractivity contribution in [2.24, 2.45) is 0 Å². The summed E-state index contributed by atoms with van der Waals surface area (Å²) >= 11 is 0. The molecule has 6 rings (SSSR count). The molecule has 2 aromatic heterocycles. The lowest BCUT2D eigenvalue weighted by Crippen LogP contribution is -2.36. The number of anilines is 1. The zero-order chi connectivity index (χ0) is 27.6. The maximum atomic E-state index is 16.3. The summed E-state index contributed by atoms with van der Waals surface area (Å²) in [6.45, 7) is 1.82. The molecule has 0 bridgehead atoms. The van der Waals surface area contributed by atoms with Crippen molar-refractivity contribution >= 4 is 34.2 Å². The van der Waals surface area contributed by atoms with E-state index in [1.807, 2.05) is 30.3 Å². The van der Waals surface area contributed by atoms with Gasteiger partial charge in [-0.15, -0.1) is 5.10 Å². The lowest BCUT2D eigenvalue weighted by molar-refractivity contribution is -0.131. The van der Waals surface area contributed by atoms with Gasteiger partial charge < -0.3 is 14.1 Å². The van der Waals surface area contributed by atoms with E-state index in [0.29, 0.717) is 72.8 Å². The molecule has 2 amide bonds.